The van der Waals surface area contributed by atoms with Gasteiger partial charge in [-0.05, 0) is 31.5 Å². The summed E-state index contributed by atoms with van der Waals surface area (Å²) in [5.74, 6) is 0. The van der Waals surface area contributed by atoms with E-state index in [-0.39, 0.29) is 4.90 Å². The second-order valence-electron chi connectivity index (χ2n) is 5.80. The zero-order valence-corrected chi connectivity index (χ0v) is 15.3. The number of benzene rings is 1. The Morgan fingerprint density at radius 3 is 2.17 bits per heavy atom. The highest BCUT2D eigenvalue weighted by Crippen LogP contribution is 2.20. The van der Waals surface area contributed by atoms with Crippen molar-refractivity contribution in [3.8, 4) is 0 Å². The summed E-state index contributed by atoms with van der Waals surface area (Å²) in [4.78, 5) is 24.8. The van der Waals surface area contributed by atoms with E-state index in [4.69, 9.17) is 0 Å². The van der Waals surface area contributed by atoms with E-state index in [0.717, 1.165) is 17.1 Å². The first kappa shape index (κ1) is 18.4. The van der Waals surface area contributed by atoms with E-state index in [1.807, 2.05) is 6.92 Å². The van der Waals surface area contributed by atoms with Crippen molar-refractivity contribution in [2.24, 2.45) is 0 Å². The van der Waals surface area contributed by atoms with Crippen molar-refractivity contribution in [2.45, 2.75) is 44.7 Å². The first-order chi connectivity index (χ1) is 11.3. The molecule has 0 fully saturated rings. The largest absolute Gasteiger partial charge is 0.316 e. The van der Waals surface area contributed by atoms with Crippen LogP contribution in [-0.2, 0) is 23.1 Å². The SMILES string of the molecule is CCCCn1c(=O)c(=O)n(CC)c2ccc(S(=O)(=O)N(C)C)cc21. The number of aromatic nitrogens is 2. The molecule has 0 aliphatic heterocycles. The number of rotatable bonds is 6. The van der Waals surface area contributed by atoms with Crippen LogP contribution >= 0.6 is 0 Å². The fourth-order valence-corrected chi connectivity index (χ4v) is 3.54. The molecule has 0 saturated carbocycles. The molecule has 0 radical (unpaired) electrons. The molecule has 0 unspecified atom stereocenters. The first-order valence-corrected chi connectivity index (χ1v) is 9.39. The van der Waals surface area contributed by atoms with Gasteiger partial charge >= 0.3 is 11.1 Å². The molecule has 2 aromatic rings. The van der Waals surface area contributed by atoms with E-state index in [2.05, 4.69) is 0 Å². The van der Waals surface area contributed by atoms with Crippen molar-refractivity contribution in [3.63, 3.8) is 0 Å². The van der Waals surface area contributed by atoms with Crippen LogP contribution in [0.1, 0.15) is 26.7 Å². The summed E-state index contributed by atoms with van der Waals surface area (Å²) >= 11 is 0. The summed E-state index contributed by atoms with van der Waals surface area (Å²) in [6.45, 7) is 4.50. The van der Waals surface area contributed by atoms with Crippen LogP contribution in [-0.4, -0.2) is 36.0 Å². The first-order valence-electron chi connectivity index (χ1n) is 7.95. The van der Waals surface area contributed by atoms with Crippen LogP contribution in [0.15, 0.2) is 32.7 Å². The molecule has 24 heavy (non-hydrogen) atoms. The van der Waals surface area contributed by atoms with Crippen molar-refractivity contribution in [1.82, 2.24) is 13.4 Å². The summed E-state index contributed by atoms with van der Waals surface area (Å²) in [5.41, 5.74) is -0.157. The Bertz CT molecular complexity index is 971. The van der Waals surface area contributed by atoms with Gasteiger partial charge in [-0.3, -0.25) is 9.59 Å². The Labute approximate surface area is 141 Å². The molecular weight excluding hydrogens is 330 g/mol. The molecular formula is C16H23N3O4S. The summed E-state index contributed by atoms with van der Waals surface area (Å²) in [7, 11) is -0.708. The van der Waals surface area contributed by atoms with Crippen LogP contribution in [0.5, 0.6) is 0 Å². The molecule has 8 heteroatoms. The third kappa shape index (κ3) is 3.03. The molecule has 0 atom stereocenters. The highest BCUT2D eigenvalue weighted by Gasteiger charge is 2.20. The minimum Gasteiger partial charge on any atom is -0.302 e. The van der Waals surface area contributed by atoms with E-state index in [1.165, 1.54) is 35.4 Å². The molecule has 7 nitrogen and oxygen atoms in total. The van der Waals surface area contributed by atoms with Gasteiger partial charge in [0, 0.05) is 27.2 Å². The van der Waals surface area contributed by atoms with E-state index in [0.29, 0.717) is 24.1 Å². The normalized spacial score (nSPS) is 12.2. The van der Waals surface area contributed by atoms with Gasteiger partial charge in [-0.1, -0.05) is 13.3 Å². The minimum absolute atomic E-state index is 0.103. The quantitative estimate of drug-likeness (QED) is 0.732. The standard InChI is InChI=1S/C16H23N3O4S/c1-5-7-10-19-14-11-12(24(22,23)17(3)4)8-9-13(14)18(6-2)15(20)16(19)21/h8-9,11H,5-7,10H2,1-4H3. The second-order valence-corrected chi connectivity index (χ2v) is 7.95. The van der Waals surface area contributed by atoms with Gasteiger partial charge in [0.2, 0.25) is 10.0 Å². The Kier molecular flexibility index (Phi) is 5.29. The lowest BCUT2D eigenvalue weighted by Crippen LogP contribution is -2.41. The highest BCUT2D eigenvalue weighted by molar-refractivity contribution is 7.89. The van der Waals surface area contributed by atoms with E-state index in [1.54, 1.807) is 13.0 Å². The molecule has 1 aromatic carbocycles. The smallest absolute Gasteiger partial charge is 0.302 e. The maximum absolute atomic E-state index is 12.4. The fourth-order valence-electron chi connectivity index (χ4n) is 2.62. The van der Waals surface area contributed by atoms with Crippen molar-refractivity contribution in [2.75, 3.05) is 14.1 Å². The van der Waals surface area contributed by atoms with Crippen molar-refractivity contribution >= 4 is 21.1 Å². The summed E-state index contributed by atoms with van der Waals surface area (Å²) < 4.78 is 28.7. The lowest BCUT2D eigenvalue weighted by Gasteiger charge is -2.16. The number of fused-ring (bicyclic) bond motifs is 1. The van der Waals surface area contributed by atoms with Gasteiger partial charge in [-0.2, -0.15) is 0 Å². The fraction of sp³-hybridized carbons (Fsp3) is 0.500. The Balaban J connectivity index is 2.89. The zero-order chi connectivity index (χ0) is 18.1. The van der Waals surface area contributed by atoms with Crippen LogP contribution in [0.3, 0.4) is 0 Å². The lowest BCUT2D eigenvalue weighted by atomic mass is 10.2. The van der Waals surface area contributed by atoms with Crippen molar-refractivity contribution < 1.29 is 8.42 Å². The Morgan fingerprint density at radius 1 is 1.00 bits per heavy atom. The van der Waals surface area contributed by atoms with Gasteiger partial charge in [0.1, 0.15) is 0 Å². The van der Waals surface area contributed by atoms with E-state index in [9.17, 15) is 18.0 Å². The van der Waals surface area contributed by atoms with Crippen LogP contribution in [0.25, 0.3) is 11.0 Å². The van der Waals surface area contributed by atoms with Crippen molar-refractivity contribution in [3.05, 3.63) is 38.9 Å². The number of hydrogen-bond acceptors (Lipinski definition) is 4. The summed E-state index contributed by atoms with van der Waals surface area (Å²) in [6.07, 6.45) is 1.59. The molecule has 1 heterocycles. The molecule has 0 saturated heterocycles. The van der Waals surface area contributed by atoms with Crippen LogP contribution in [0.2, 0.25) is 0 Å². The van der Waals surface area contributed by atoms with Gasteiger partial charge in [-0.25, -0.2) is 12.7 Å². The van der Waals surface area contributed by atoms with Gasteiger partial charge < -0.3 is 9.13 Å². The highest BCUT2D eigenvalue weighted by atomic mass is 32.2. The molecule has 0 N–H and O–H groups in total. The van der Waals surface area contributed by atoms with Crippen molar-refractivity contribution in [1.29, 1.82) is 0 Å². The molecule has 0 amide bonds. The lowest BCUT2D eigenvalue weighted by molar-refractivity contribution is 0.520. The number of unbranched alkanes of at least 4 members (excludes halogenated alkanes) is 1. The minimum atomic E-state index is -3.62. The second kappa shape index (κ2) is 6.90. The predicted octanol–water partition coefficient (Wildman–Crippen LogP) is 1.23. The maximum Gasteiger partial charge on any atom is 0.316 e. The molecule has 0 bridgehead atoms. The number of hydrogen-bond donors (Lipinski definition) is 0. The third-order valence-corrected chi connectivity index (χ3v) is 5.84. The van der Waals surface area contributed by atoms with E-state index < -0.39 is 21.1 Å². The number of aryl methyl sites for hydroxylation is 2. The van der Waals surface area contributed by atoms with Gasteiger partial charge in [0.25, 0.3) is 0 Å². The molecule has 0 aliphatic carbocycles. The summed E-state index contributed by atoms with van der Waals surface area (Å²) in [5, 5.41) is 0. The maximum atomic E-state index is 12.4. The van der Waals surface area contributed by atoms with Crippen LogP contribution < -0.4 is 11.1 Å². The van der Waals surface area contributed by atoms with Crippen LogP contribution in [0, 0.1) is 0 Å². The van der Waals surface area contributed by atoms with Crippen LogP contribution in [0.4, 0.5) is 0 Å². The molecule has 2 rings (SSSR count). The number of nitrogens with zero attached hydrogens (tertiary/aromatic N) is 3. The van der Waals surface area contributed by atoms with E-state index >= 15 is 0 Å². The molecule has 0 aliphatic rings. The Hall–Kier alpha value is -1.93. The monoisotopic (exact) mass is 353 g/mol. The molecule has 1 aromatic heterocycles. The average molecular weight is 353 g/mol. The van der Waals surface area contributed by atoms with Gasteiger partial charge in [0.15, 0.2) is 0 Å². The number of sulfonamides is 1. The third-order valence-electron chi connectivity index (χ3n) is 4.03. The van der Waals surface area contributed by atoms with Gasteiger partial charge in [0.05, 0.1) is 15.9 Å². The summed E-state index contributed by atoms with van der Waals surface area (Å²) in [6, 6.07) is 4.55. The predicted molar refractivity (Wildman–Crippen MR) is 93.9 cm³/mol. The molecule has 0 spiro atoms. The van der Waals surface area contributed by atoms with Gasteiger partial charge in [-0.15, -0.1) is 0 Å². The Morgan fingerprint density at radius 2 is 1.62 bits per heavy atom. The molecule has 132 valence electrons. The zero-order valence-electron chi connectivity index (χ0n) is 14.4. The topological polar surface area (TPSA) is 81.4 Å². The average Bonchev–Trinajstić information content (AvgIpc) is 2.55.